The molecule has 0 aromatic carbocycles. The zero-order valence-electron chi connectivity index (χ0n) is 10.0. The molecule has 88 valence electrons. The highest BCUT2D eigenvalue weighted by Crippen LogP contribution is 2.18. The Bertz CT molecular complexity index is 467. The average Bonchev–Trinajstić information content (AvgIpc) is 2.31. The number of nitrogens with two attached hydrogens (primary N) is 1. The van der Waals surface area contributed by atoms with E-state index in [1.54, 1.807) is 12.1 Å². The van der Waals surface area contributed by atoms with Crippen molar-refractivity contribution in [3.63, 3.8) is 0 Å². The van der Waals surface area contributed by atoms with E-state index in [0.717, 1.165) is 0 Å². The maximum absolute atomic E-state index is 8.88. The SMILES string of the molecule is CC(C)N(CCC#N)c1ccc(N)c(C#N)n1. The lowest BCUT2D eigenvalue weighted by atomic mass is 10.2. The van der Waals surface area contributed by atoms with Crippen LogP contribution in [0, 0.1) is 22.7 Å². The first-order chi connectivity index (χ1) is 8.10. The molecular formula is C12H15N5. The topological polar surface area (TPSA) is 89.7 Å². The van der Waals surface area contributed by atoms with Crippen molar-refractivity contribution in [2.24, 2.45) is 0 Å². The molecule has 1 aromatic heterocycles. The summed E-state index contributed by atoms with van der Waals surface area (Å²) in [6.07, 6.45) is 0.423. The molecule has 0 atom stereocenters. The molecule has 1 aromatic rings. The van der Waals surface area contributed by atoms with Crippen LogP contribution in [0.3, 0.4) is 0 Å². The Morgan fingerprint density at radius 2 is 2.12 bits per heavy atom. The number of aromatic nitrogens is 1. The summed E-state index contributed by atoms with van der Waals surface area (Å²) in [4.78, 5) is 6.17. The minimum atomic E-state index is 0.214. The van der Waals surface area contributed by atoms with Gasteiger partial charge in [0.15, 0.2) is 5.69 Å². The number of rotatable bonds is 4. The van der Waals surface area contributed by atoms with Gasteiger partial charge >= 0.3 is 0 Å². The van der Waals surface area contributed by atoms with E-state index in [2.05, 4.69) is 11.1 Å². The van der Waals surface area contributed by atoms with Crippen LogP contribution in [-0.2, 0) is 0 Å². The normalized spacial score (nSPS) is 9.71. The van der Waals surface area contributed by atoms with Crippen LogP contribution in [0.25, 0.3) is 0 Å². The molecule has 5 nitrogen and oxygen atoms in total. The second kappa shape index (κ2) is 5.72. The van der Waals surface area contributed by atoms with Gasteiger partial charge in [-0.1, -0.05) is 0 Å². The highest BCUT2D eigenvalue weighted by Gasteiger charge is 2.13. The number of hydrogen-bond donors (Lipinski definition) is 1. The molecule has 0 saturated carbocycles. The van der Waals surface area contributed by atoms with Crippen molar-refractivity contribution in [2.45, 2.75) is 26.3 Å². The van der Waals surface area contributed by atoms with Gasteiger partial charge in [-0.25, -0.2) is 4.98 Å². The number of pyridine rings is 1. The Morgan fingerprint density at radius 1 is 1.41 bits per heavy atom. The van der Waals surface area contributed by atoms with Gasteiger partial charge in [0.25, 0.3) is 0 Å². The molecule has 0 bridgehead atoms. The Morgan fingerprint density at radius 3 is 2.65 bits per heavy atom. The molecule has 0 fully saturated rings. The van der Waals surface area contributed by atoms with E-state index in [-0.39, 0.29) is 11.7 Å². The van der Waals surface area contributed by atoms with Crippen LogP contribution < -0.4 is 10.6 Å². The summed E-state index contributed by atoms with van der Waals surface area (Å²) in [5.74, 6) is 0.681. The van der Waals surface area contributed by atoms with Crippen LogP contribution >= 0.6 is 0 Å². The molecule has 0 amide bonds. The third kappa shape index (κ3) is 3.09. The predicted molar refractivity (Wildman–Crippen MR) is 66.1 cm³/mol. The van der Waals surface area contributed by atoms with Gasteiger partial charge in [-0.3, -0.25) is 0 Å². The summed E-state index contributed by atoms with van der Waals surface area (Å²) < 4.78 is 0. The number of nitrogen functional groups attached to an aromatic ring is 1. The van der Waals surface area contributed by atoms with Gasteiger partial charge < -0.3 is 10.6 Å². The van der Waals surface area contributed by atoms with Crippen molar-refractivity contribution in [3.05, 3.63) is 17.8 Å². The van der Waals surface area contributed by atoms with Crippen molar-refractivity contribution in [1.82, 2.24) is 4.98 Å². The highest BCUT2D eigenvalue weighted by molar-refractivity contribution is 5.55. The highest BCUT2D eigenvalue weighted by atomic mass is 15.2. The van der Waals surface area contributed by atoms with E-state index in [1.165, 1.54) is 0 Å². The summed E-state index contributed by atoms with van der Waals surface area (Å²) in [7, 11) is 0. The quantitative estimate of drug-likeness (QED) is 0.848. The summed E-state index contributed by atoms with van der Waals surface area (Å²) >= 11 is 0. The predicted octanol–water partition coefficient (Wildman–Crippen LogP) is 1.66. The molecule has 1 rings (SSSR count). The van der Waals surface area contributed by atoms with Gasteiger partial charge in [0.05, 0.1) is 18.2 Å². The molecule has 5 heteroatoms. The van der Waals surface area contributed by atoms with E-state index >= 15 is 0 Å². The van der Waals surface area contributed by atoms with Gasteiger partial charge in [-0.05, 0) is 26.0 Å². The fraction of sp³-hybridized carbons (Fsp3) is 0.417. The molecule has 17 heavy (non-hydrogen) atoms. The molecule has 1 heterocycles. The first-order valence-corrected chi connectivity index (χ1v) is 5.40. The van der Waals surface area contributed by atoms with E-state index in [4.69, 9.17) is 16.3 Å². The number of nitrogens with zero attached hydrogens (tertiary/aromatic N) is 4. The Labute approximate surface area is 101 Å². The van der Waals surface area contributed by atoms with Crippen molar-refractivity contribution in [3.8, 4) is 12.1 Å². The molecule has 0 radical (unpaired) electrons. The molecule has 0 aliphatic rings. The first-order valence-electron chi connectivity index (χ1n) is 5.40. The monoisotopic (exact) mass is 229 g/mol. The molecule has 0 unspecified atom stereocenters. The van der Waals surface area contributed by atoms with Gasteiger partial charge in [-0.15, -0.1) is 0 Å². The van der Waals surface area contributed by atoms with Crippen LogP contribution in [0.5, 0.6) is 0 Å². The van der Waals surface area contributed by atoms with Crippen molar-refractivity contribution in [2.75, 3.05) is 17.2 Å². The second-order valence-corrected chi connectivity index (χ2v) is 3.91. The second-order valence-electron chi connectivity index (χ2n) is 3.91. The van der Waals surface area contributed by atoms with Crippen LogP contribution in [0.2, 0.25) is 0 Å². The Kier molecular flexibility index (Phi) is 4.30. The molecule has 0 aliphatic heterocycles. The summed E-state index contributed by atoms with van der Waals surface area (Å²) in [5, 5.41) is 17.5. The zero-order valence-corrected chi connectivity index (χ0v) is 10.0. The fourth-order valence-electron chi connectivity index (χ4n) is 1.52. The minimum absolute atomic E-state index is 0.214. The van der Waals surface area contributed by atoms with Crippen LogP contribution in [0.15, 0.2) is 12.1 Å². The van der Waals surface area contributed by atoms with E-state index in [0.29, 0.717) is 24.5 Å². The first kappa shape index (κ1) is 12.8. The number of anilines is 2. The molecule has 0 saturated heterocycles. The standard InChI is InChI=1S/C12H15N5/c1-9(2)17(7-3-6-13)12-5-4-10(15)11(8-14)16-12/h4-5,9H,3,7,15H2,1-2H3. The van der Waals surface area contributed by atoms with Crippen LogP contribution in [-0.4, -0.2) is 17.6 Å². The lowest BCUT2D eigenvalue weighted by molar-refractivity contribution is 0.677. The molecule has 2 N–H and O–H groups in total. The van der Waals surface area contributed by atoms with E-state index in [9.17, 15) is 0 Å². The summed E-state index contributed by atoms with van der Waals surface area (Å²) in [6.45, 7) is 4.62. The number of nitriles is 2. The minimum Gasteiger partial charge on any atom is -0.396 e. The van der Waals surface area contributed by atoms with Crippen molar-refractivity contribution in [1.29, 1.82) is 10.5 Å². The molecular weight excluding hydrogens is 214 g/mol. The van der Waals surface area contributed by atoms with Gasteiger partial charge in [-0.2, -0.15) is 10.5 Å². The average molecular weight is 229 g/mol. The maximum Gasteiger partial charge on any atom is 0.165 e. The smallest absolute Gasteiger partial charge is 0.165 e. The third-order valence-corrected chi connectivity index (χ3v) is 2.40. The van der Waals surface area contributed by atoms with Gasteiger partial charge in [0.1, 0.15) is 11.9 Å². The lowest BCUT2D eigenvalue weighted by Gasteiger charge is -2.27. The van der Waals surface area contributed by atoms with Crippen molar-refractivity contribution < 1.29 is 0 Å². The molecule has 0 aliphatic carbocycles. The van der Waals surface area contributed by atoms with Gasteiger partial charge in [0, 0.05) is 12.6 Å². The zero-order chi connectivity index (χ0) is 12.8. The van der Waals surface area contributed by atoms with Gasteiger partial charge in [0.2, 0.25) is 0 Å². The number of hydrogen-bond acceptors (Lipinski definition) is 5. The Hall–Kier alpha value is -2.27. The molecule has 0 spiro atoms. The van der Waals surface area contributed by atoms with Crippen LogP contribution in [0.4, 0.5) is 11.5 Å². The van der Waals surface area contributed by atoms with E-state index < -0.39 is 0 Å². The summed E-state index contributed by atoms with van der Waals surface area (Å²) in [5.41, 5.74) is 6.22. The Balaban J connectivity index is 3.03. The maximum atomic E-state index is 8.88. The van der Waals surface area contributed by atoms with Crippen molar-refractivity contribution >= 4 is 11.5 Å². The largest absolute Gasteiger partial charge is 0.396 e. The fourth-order valence-corrected chi connectivity index (χ4v) is 1.52. The van der Waals surface area contributed by atoms with E-state index in [1.807, 2.05) is 24.8 Å². The lowest BCUT2D eigenvalue weighted by Crippen LogP contribution is -2.32. The third-order valence-electron chi connectivity index (χ3n) is 2.40. The van der Waals surface area contributed by atoms with Crippen LogP contribution in [0.1, 0.15) is 26.0 Å². The summed E-state index contributed by atoms with van der Waals surface area (Å²) in [6, 6.07) is 7.72.